The zero-order valence-electron chi connectivity index (χ0n) is 7.49. The molecule has 0 radical (unpaired) electrons. The molecule has 0 bridgehead atoms. The van der Waals surface area contributed by atoms with Gasteiger partial charge in [0.15, 0.2) is 9.84 Å². The molecule has 1 rings (SSSR count). The standard InChI is InChI=1S/C8H6Cl2O4S/c1-15(13,14)6-3-4(9)2-5(7(6)10)8(11)12/h2-3H,1H3,(H,11,12). The summed E-state index contributed by atoms with van der Waals surface area (Å²) < 4.78 is 22.5. The maximum atomic E-state index is 11.2. The van der Waals surface area contributed by atoms with Gasteiger partial charge in [0.2, 0.25) is 0 Å². The van der Waals surface area contributed by atoms with Gasteiger partial charge in [0.05, 0.1) is 15.5 Å². The van der Waals surface area contributed by atoms with E-state index in [-0.39, 0.29) is 20.5 Å². The molecule has 7 heteroatoms. The Morgan fingerprint density at radius 2 is 1.87 bits per heavy atom. The lowest BCUT2D eigenvalue weighted by Gasteiger charge is -2.05. The molecule has 0 unspecified atom stereocenters. The summed E-state index contributed by atoms with van der Waals surface area (Å²) in [6, 6.07) is 2.21. The van der Waals surface area contributed by atoms with E-state index < -0.39 is 15.8 Å². The third-order valence-electron chi connectivity index (χ3n) is 1.63. The monoisotopic (exact) mass is 268 g/mol. The molecule has 0 heterocycles. The summed E-state index contributed by atoms with van der Waals surface area (Å²) >= 11 is 11.2. The third kappa shape index (κ3) is 2.62. The Kier molecular flexibility index (Phi) is 3.28. The van der Waals surface area contributed by atoms with Gasteiger partial charge in [0, 0.05) is 11.3 Å². The van der Waals surface area contributed by atoms with E-state index in [0.717, 1.165) is 18.4 Å². The summed E-state index contributed by atoms with van der Waals surface area (Å²) in [5.41, 5.74) is -0.329. The second-order valence-electron chi connectivity index (χ2n) is 2.84. The fourth-order valence-corrected chi connectivity index (χ4v) is 2.66. The van der Waals surface area contributed by atoms with Gasteiger partial charge in [-0.3, -0.25) is 0 Å². The number of sulfone groups is 1. The smallest absolute Gasteiger partial charge is 0.337 e. The molecule has 0 aliphatic rings. The number of aromatic carboxylic acids is 1. The highest BCUT2D eigenvalue weighted by Crippen LogP contribution is 2.29. The van der Waals surface area contributed by atoms with E-state index in [1.54, 1.807) is 0 Å². The van der Waals surface area contributed by atoms with Crippen LogP contribution in [0.5, 0.6) is 0 Å². The van der Waals surface area contributed by atoms with E-state index >= 15 is 0 Å². The molecule has 0 aromatic heterocycles. The van der Waals surface area contributed by atoms with Crippen LogP contribution < -0.4 is 0 Å². The highest BCUT2D eigenvalue weighted by Gasteiger charge is 2.20. The zero-order valence-corrected chi connectivity index (χ0v) is 9.82. The van der Waals surface area contributed by atoms with Crippen molar-refractivity contribution in [1.29, 1.82) is 0 Å². The summed E-state index contributed by atoms with van der Waals surface area (Å²) in [6.45, 7) is 0. The number of hydrogen-bond acceptors (Lipinski definition) is 3. The molecule has 4 nitrogen and oxygen atoms in total. The zero-order chi connectivity index (χ0) is 11.8. The highest BCUT2D eigenvalue weighted by molar-refractivity contribution is 7.90. The maximum absolute atomic E-state index is 11.2. The minimum Gasteiger partial charge on any atom is -0.478 e. The van der Waals surface area contributed by atoms with Crippen LogP contribution in [0.3, 0.4) is 0 Å². The largest absolute Gasteiger partial charge is 0.478 e. The van der Waals surface area contributed by atoms with Crippen molar-refractivity contribution >= 4 is 39.0 Å². The molecule has 82 valence electrons. The molecular formula is C8H6Cl2O4S. The maximum Gasteiger partial charge on any atom is 0.337 e. The van der Waals surface area contributed by atoms with E-state index in [0.29, 0.717) is 0 Å². The van der Waals surface area contributed by atoms with Crippen molar-refractivity contribution in [3.8, 4) is 0 Å². The van der Waals surface area contributed by atoms with Crippen molar-refractivity contribution in [2.45, 2.75) is 4.90 Å². The first kappa shape index (κ1) is 12.3. The Labute approximate surface area is 96.3 Å². The first-order chi connectivity index (χ1) is 6.73. The molecule has 0 atom stereocenters. The van der Waals surface area contributed by atoms with Gasteiger partial charge in [-0.05, 0) is 12.1 Å². The van der Waals surface area contributed by atoms with Gasteiger partial charge in [-0.1, -0.05) is 23.2 Å². The number of carboxylic acids is 1. The quantitative estimate of drug-likeness (QED) is 0.892. The van der Waals surface area contributed by atoms with Gasteiger partial charge >= 0.3 is 5.97 Å². The van der Waals surface area contributed by atoms with Crippen LogP contribution in [0.25, 0.3) is 0 Å². The van der Waals surface area contributed by atoms with E-state index in [1.807, 2.05) is 0 Å². The number of hydrogen-bond donors (Lipinski definition) is 1. The molecule has 0 amide bonds. The summed E-state index contributed by atoms with van der Waals surface area (Å²) in [4.78, 5) is 10.4. The SMILES string of the molecule is CS(=O)(=O)c1cc(Cl)cc(C(=O)O)c1Cl. The van der Waals surface area contributed by atoms with E-state index in [9.17, 15) is 13.2 Å². The number of carboxylic acid groups (broad SMARTS) is 1. The molecule has 0 spiro atoms. The summed E-state index contributed by atoms with van der Waals surface area (Å²) in [5.74, 6) is -1.33. The molecular weight excluding hydrogens is 263 g/mol. The first-order valence-electron chi connectivity index (χ1n) is 3.66. The summed E-state index contributed by atoms with van der Waals surface area (Å²) in [6.07, 6.45) is 0.927. The third-order valence-corrected chi connectivity index (χ3v) is 3.49. The number of halogens is 2. The van der Waals surface area contributed by atoms with Crippen molar-refractivity contribution in [2.24, 2.45) is 0 Å². The molecule has 0 aliphatic heterocycles. The van der Waals surface area contributed by atoms with Gasteiger partial charge in [0.1, 0.15) is 0 Å². The predicted octanol–water partition coefficient (Wildman–Crippen LogP) is 2.10. The van der Waals surface area contributed by atoms with Gasteiger partial charge in [-0.2, -0.15) is 0 Å². The Balaban J connectivity index is 3.63. The van der Waals surface area contributed by atoms with Crippen LogP contribution in [0.15, 0.2) is 17.0 Å². The van der Waals surface area contributed by atoms with Crippen LogP contribution in [0.1, 0.15) is 10.4 Å². The van der Waals surface area contributed by atoms with Crippen LogP contribution in [0.4, 0.5) is 0 Å². The number of benzene rings is 1. The van der Waals surface area contributed by atoms with E-state index in [2.05, 4.69) is 0 Å². The summed E-state index contributed by atoms with van der Waals surface area (Å²) in [5, 5.41) is 8.43. The molecule has 0 saturated carbocycles. The molecule has 1 N–H and O–H groups in total. The van der Waals surface area contributed by atoms with E-state index in [4.69, 9.17) is 28.3 Å². The van der Waals surface area contributed by atoms with Crippen LogP contribution in [-0.2, 0) is 9.84 Å². The Morgan fingerprint density at radius 3 is 2.27 bits per heavy atom. The Hall–Kier alpha value is -0.780. The van der Waals surface area contributed by atoms with Gasteiger partial charge in [-0.15, -0.1) is 0 Å². The lowest BCUT2D eigenvalue weighted by Crippen LogP contribution is -2.04. The first-order valence-corrected chi connectivity index (χ1v) is 6.30. The van der Waals surface area contributed by atoms with Crippen molar-refractivity contribution in [1.82, 2.24) is 0 Å². The Bertz CT molecular complexity index is 522. The van der Waals surface area contributed by atoms with E-state index in [1.165, 1.54) is 0 Å². The molecule has 1 aromatic rings. The van der Waals surface area contributed by atoms with Crippen molar-refractivity contribution < 1.29 is 18.3 Å². The lowest BCUT2D eigenvalue weighted by molar-refractivity contribution is 0.0697. The summed E-state index contributed by atoms with van der Waals surface area (Å²) in [7, 11) is -3.59. The second-order valence-corrected chi connectivity index (χ2v) is 5.64. The van der Waals surface area contributed by atoms with Crippen LogP contribution in [0.2, 0.25) is 10.0 Å². The van der Waals surface area contributed by atoms with Crippen LogP contribution in [0, 0.1) is 0 Å². The predicted molar refractivity (Wildman–Crippen MR) is 56.5 cm³/mol. The van der Waals surface area contributed by atoms with Gasteiger partial charge < -0.3 is 5.11 Å². The van der Waals surface area contributed by atoms with Gasteiger partial charge in [0.25, 0.3) is 0 Å². The normalized spacial score (nSPS) is 11.4. The van der Waals surface area contributed by atoms with Gasteiger partial charge in [-0.25, -0.2) is 13.2 Å². The molecule has 15 heavy (non-hydrogen) atoms. The number of rotatable bonds is 2. The molecule has 0 fully saturated rings. The highest BCUT2D eigenvalue weighted by atomic mass is 35.5. The minimum atomic E-state index is -3.59. The topological polar surface area (TPSA) is 71.4 Å². The van der Waals surface area contributed by atoms with Crippen LogP contribution in [-0.4, -0.2) is 25.7 Å². The van der Waals surface area contributed by atoms with Crippen molar-refractivity contribution in [3.63, 3.8) is 0 Å². The lowest BCUT2D eigenvalue weighted by atomic mass is 10.2. The minimum absolute atomic E-state index is 0.0113. The Morgan fingerprint density at radius 1 is 1.33 bits per heavy atom. The molecule has 0 aliphatic carbocycles. The second kappa shape index (κ2) is 4.00. The fourth-order valence-electron chi connectivity index (χ4n) is 0.990. The average molecular weight is 269 g/mol. The number of carbonyl (C=O) groups is 1. The van der Waals surface area contributed by atoms with Crippen molar-refractivity contribution in [2.75, 3.05) is 6.26 Å². The van der Waals surface area contributed by atoms with Crippen LogP contribution >= 0.6 is 23.2 Å². The molecule has 1 aromatic carbocycles. The fraction of sp³-hybridized carbons (Fsp3) is 0.125. The average Bonchev–Trinajstić information content (AvgIpc) is 2.06. The van der Waals surface area contributed by atoms with Crippen molar-refractivity contribution in [3.05, 3.63) is 27.7 Å². The molecule has 0 saturated heterocycles.